The summed E-state index contributed by atoms with van der Waals surface area (Å²) >= 11 is 0. The molecule has 0 bridgehead atoms. The third-order valence-corrected chi connectivity index (χ3v) is 3.31. The lowest BCUT2D eigenvalue weighted by molar-refractivity contribution is 0.256. The average molecular weight is 243 g/mol. The monoisotopic (exact) mass is 243 g/mol. The molecule has 0 aromatic heterocycles. The van der Waals surface area contributed by atoms with E-state index in [1.807, 2.05) is 0 Å². The molecule has 0 aliphatic carbocycles. The number of sulfonamides is 1. The third-order valence-electron chi connectivity index (χ3n) is 2.38. The van der Waals surface area contributed by atoms with Crippen LogP contribution in [0, 0.1) is 5.92 Å². The normalized spacial score (nSPS) is 13.4. The molecular weight excluding hydrogens is 226 g/mol. The van der Waals surface area contributed by atoms with Crippen LogP contribution in [0.1, 0.15) is 20.3 Å². The zero-order valence-corrected chi connectivity index (χ0v) is 10.3. The van der Waals surface area contributed by atoms with Crippen LogP contribution in [0.2, 0.25) is 0 Å². The second kappa shape index (κ2) is 5.32. The van der Waals surface area contributed by atoms with Crippen molar-refractivity contribution in [1.29, 1.82) is 0 Å². The van der Waals surface area contributed by atoms with E-state index in [9.17, 15) is 8.42 Å². The van der Waals surface area contributed by atoms with Crippen LogP contribution in [-0.4, -0.2) is 15.0 Å². The summed E-state index contributed by atoms with van der Waals surface area (Å²) in [5.41, 5.74) is 0. The Morgan fingerprint density at radius 1 is 1.31 bits per heavy atom. The van der Waals surface area contributed by atoms with Crippen molar-refractivity contribution >= 4 is 10.0 Å². The van der Waals surface area contributed by atoms with E-state index < -0.39 is 10.0 Å². The van der Waals surface area contributed by atoms with Crippen LogP contribution in [0.25, 0.3) is 0 Å². The Morgan fingerprint density at radius 2 is 1.88 bits per heavy atom. The Bertz CT molecular complexity index is 425. The number of nitrogens with two attached hydrogens (primary N) is 1. The van der Waals surface area contributed by atoms with Crippen molar-refractivity contribution < 1.29 is 13.2 Å². The molecule has 0 amide bonds. The summed E-state index contributed by atoms with van der Waals surface area (Å²) in [7, 11) is -3.61. The lowest BCUT2D eigenvalue weighted by Crippen LogP contribution is -2.12. The van der Waals surface area contributed by atoms with E-state index in [1.165, 1.54) is 12.1 Å². The molecule has 1 rings (SSSR count). The van der Waals surface area contributed by atoms with E-state index in [2.05, 4.69) is 13.8 Å². The van der Waals surface area contributed by atoms with Gasteiger partial charge in [-0.3, -0.25) is 0 Å². The van der Waals surface area contributed by atoms with Crippen molar-refractivity contribution in [3.05, 3.63) is 24.3 Å². The molecule has 0 heterocycles. The summed E-state index contributed by atoms with van der Waals surface area (Å²) in [6.45, 7) is 4.82. The summed E-state index contributed by atoms with van der Waals surface area (Å²) in [5, 5.41) is 4.98. The molecule has 0 aliphatic heterocycles. The zero-order valence-electron chi connectivity index (χ0n) is 9.51. The first-order valence-electron chi connectivity index (χ1n) is 5.19. The van der Waals surface area contributed by atoms with E-state index in [4.69, 9.17) is 9.88 Å². The molecular formula is C11H17NO3S. The molecule has 0 spiro atoms. The standard InChI is InChI=1S/C11H17NO3S/c1-3-9(2)8-15-10-4-6-11(7-5-10)16(12,13)14/h4-7,9H,3,8H2,1-2H3,(H2,12,13,14). The molecule has 1 aromatic carbocycles. The van der Waals surface area contributed by atoms with Gasteiger partial charge >= 0.3 is 0 Å². The minimum absolute atomic E-state index is 0.100. The number of primary sulfonamides is 1. The highest BCUT2D eigenvalue weighted by Gasteiger charge is 2.07. The fraction of sp³-hybridized carbons (Fsp3) is 0.455. The van der Waals surface area contributed by atoms with Crippen molar-refractivity contribution in [3.8, 4) is 5.75 Å². The van der Waals surface area contributed by atoms with Gasteiger partial charge in [-0.25, -0.2) is 13.6 Å². The molecule has 2 N–H and O–H groups in total. The van der Waals surface area contributed by atoms with Crippen LogP contribution in [0.3, 0.4) is 0 Å². The molecule has 0 saturated carbocycles. The molecule has 1 unspecified atom stereocenters. The number of benzene rings is 1. The number of rotatable bonds is 5. The SMILES string of the molecule is CCC(C)COc1ccc(S(N)(=O)=O)cc1. The van der Waals surface area contributed by atoms with Crippen molar-refractivity contribution in [2.24, 2.45) is 11.1 Å². The van der Waals surface area contributed by atoms with Gasteiger partial charge in [0, 0.05) is 0 Å². The Hall–Kier alpha value is -1.07. The van der Waals surface area contributed by atoms with E-state index in [0.717, 1.165) is 6.42 Å². The van der Waals surface area contributed by atoms with Gasteiger partial charge in [-0.15, -0.1) is 0 Å². The number of ether oxygens (including phenoxy) is 1. The molecule has 0 fully saturated rings. The average Bonchev–Trinajstić information content (AvgIpc) is 2.25. The molecule has 0 saturated heterocycles. The molecule has 5 heteroatoms. The second-order valence-corrected chi connectivity index (χ2v) is 5.40. The molecule has 0 aliphatic rings. The van der Waals surface area contributed by atoms with Crippen LogP contribution >= 0.6 is 0 Å². The first kappa shape index (κ1) is 13.0. The fourth-order valence-electron chi connectivity index (χ4n) is 1.08. The first-order chi connectivity index (χ1) is 7.43. The van der Waals surface area contributed by atoms with Crippen LogP contribution in [0.15, 0.2) is 29.2 Å². The Morgan fingerprint density at radius 3 is 2.31 bits per heavy atom. The van der Waals surface area contributed by atoms with E-state index in [-0.39, 0.29) is 4.90 Å². The summed E-state index contributed by atoms with van der Waals surface area (Å²) < 4.78 is 27.5. The van der Waals surface area contributed by atoms with Gasteiger partial charge in [-0.2, -0.15) is 0 Å². The Labute approximate surface area is 96.5 Å². The van der Waals surface area contributed by atoms with Crippen molar-refractivity contribution in [2.45, 2.75) is 25.2 Å². The fourth-order valence-corrected chi connectivity index (χ4v) is 1.60. The predicted molar refractivity (Wildman–Crippen MR) is 62.8 cm³/mol. The number of hydrogen-bond acceptors (Lipinski definition) is 3. The van der Waals surface area contributed by atoms with Crippen LogP contribution in [-0.2, 0) is 10.0 Å². The lowest BCUT2D eigenvalue weighted by Gasteiger charge is -2.10. The van der Waals surface area contributed by atoms with Gasteiger partial charge in [0.15, 0.2) is 0 Å². The zero-order chi connectivity index (χ0) is 12.2. The highest BCUT2D eigenvalue weighted by atomic mass is 32.2. The van der Waals surface area contributed by atoms with Crippen molar-refractivity contribution in [3.63, 3.8) is 0 Å². The molecule has 1 aromatic rings. The highest BCUT2D eigenvalue weighted by molar-refractivity contribution is 7.89. The van der Waals surface area contributed by atoms with E-state index >= 15 is 0 Å². The van der Waals surface area contributed by atoms with Crippen LogP contribution < -0.4 is 9.88 Å². The van der Waals surface area contributed by atoms with Crippen LogP contribution in [0.5, 0.6) is 5.75 Å². The van der Waals surface area contributed by atoms with Crippen molar-refractivity contribution in [2.75, 3.05) is 6.61 Å². The van der Waals surface area contributed by atoms with Gasteiger partial charge in [0.2, 0.25) is 10.0 Å². The first-order valence-corrected chi connectivity index (χ1v) is 6.73. The molecule has 90 valence electrons. The topological polar surface area (TPSA) is 69.4 Å². The Kier molecular flexibility index (Phi) is 4.32. The van der Waals surface area contributed by atoms with Gasteiger partial charge in [0.1, 0.15) is 5.75 Å². The highest BCUT2D eigenvalue weighted by Crippen LogP contribution is 2.16. The quantitative estimate of drug-likeness (QED) is 0.856. The predicted octanol–water partition coefficient (Wildman–Crippen LogP) is 1.76. The lowest BCUT2D eigenvalue weighted by atomic mass is 10.1. The Balaban J connectivity index is 2.66. The molecule has 16 heavy (non-hydrogen) atoms. The largest absolute Gasteiger partial charge is 0.493 e. The second-order valence-electron chi connectivity index (χ2n) is 3.84. The van der Waals surface area contributed by atoms with Crippen LogP contribution in [0.4, 0.5) is 0 Å². The van der Waals surface area contributed by atoms with E-state index in [0.29, 0.717) is 18.3 Å². The maximum absolute atomic E-state index is 11.0. The molecule has 1 atom stereocenters. The van der Waals surface area contributed by atoms with Crippen molar-refractivity contribution in [1.82, 2.24) is 0 Å². The number of hydrogen-bond donors (Lipinski definition) is 1. The maximum atomic E-state index is 11.0. The summed E-state index contributed by atoms with van der Waals surface area (Å²) in [5.74, 6) is 1.14. The third kappa shape index (κ3) is 3.83. The van der Waals surface area contributed by atoms with Gasteiger partial charge < -0.3 is 4.74 Å². The smallest absolute Gasteiger partial charge is 0.238 e. The van der Waals surface area contributed by atoms with Gasteiger partial charge in [-0.05, 0) is 30.2 Å². The van der Waals surface area contributed by atoms with Gasteiger partial charge in [-0.1, -0.05) is 20.3 Å². The molecule has 0 radical (unpaired) electrons. The summed E-state index contributed by atoms with van der Waals surface area (Å²) in [6.07, 6.45) is 1.05. The summed E-state index contributed by atoms with van der Waals surface area (Å²) in [6, 6.07) is 6.12. The maximum Gasteiger partial charge on any atom is 0.238 e. The van der Waals surface area contributed by atoms with E-state index in [1.54, 1.807) is 12.1 Å². The van der Waals surface area contributed by atoms with Gasteiger partial charge in [0.05, 0.1) is 11.5 Å². The minimum Gasteiger partial charge on any atom is -0.493 e. The summed E-state index contributed by atoms with van der Waals surface area (Å²) in [4.78, 5) is 0.100. The minimum atomic E-state index is -3.61. The van der Waals surface area contributed by atoms with Gasteiger partial charge in [0.25, 0.3) is 0 Å². The molecule has 4 nitrogen and oxygen atoms in total.